The van der Waals surface area contributed by atoms with Gasteiger partial charge in [0.15, 0.2) is 5.82 Å². The smallest absolute Gasteiger partial charge is 0.162 e. The molecular weight excluding hydrogens is 276 g/mol. The maximum atomic E-state index is 6.19. The minimum absolute atomic E-state index is 0.522. The molecule has 19 heavy (non-hydrogen) atoms. The molecular formula is C15H13ClN2S. The third-order valence-electron chi connectivity index (χ3n) is 3.11. The number of rotatable bonds is 2. The number of halogens is 1. The minimum Gasteiger partial charge on any atom is -0.217 e. The summed E-state index contributed by atoms with van der Waals surface area (Å²) in [5, 5.41) is 3.43. The van der Waals surface area contributed by atoms with Gasteiger partial charge in [0, 0.05) is 10.9 Å². The van der Waals surface area contributed by atoms with Crippen molar-refractivity contribution < 1.29 is 0 Å². The number of benzene rings is 1. The Labute approximate surface area is 121 Å². The molecule has 0 fully saturated rings. The van der Waals surface area contributed by atoms with E-state index < -0.39 is 0 Å². The van der Waals surface area contributed by atoms with Crippen LogP contribution in [0.1, 0.15) is 25.3 Å². The Kier molecular flexibility index (Phi) is 3.25. The average molecular weight is 289 g/mol. The number of nitrogens with zero attached hydrogens (tertiary/aromatic N) is 2. The lowest BCUT2D eigenvalue weighted by molar-refractivity contribution is 0.867. The zero-order chi connectivity index (χ0) is 13.4. The molecule has 0 atom stereocenters. The summed E-state index contributed by atoms with van der Waals surface area (Å²) >= 11 is 7.77. The van der Waals surface area contributed by atoms with Gasteiger partial charge in [-0.2, -0.15) is 0 Å². The van der Waals surface area contributed by atoms with Gasteiger partial charge >= 0.3 is 0 Å². The van der Waals surface area contributed by atoms with Crippen molar-refractivity contribution in [3.8, 4) is 11.4 Å². The lowest BCUT2D eigenvalue weighted by Gasteiger charge is -2.06. The standard InChI is InChI=1S/C15H13ClN2S/c1-9(2)10-3-5-11(6-4-10)14-17-13(16)12-7-8-19-15(12)18-14/h3-9H,1-2H3. The molecule has 0 saturated heterocycles. The number of hydrogen-bond donors (Lipinski definition) is 0. The summed E-state index contributed by atoms with van der Waals surface area (Å²) < 4.78 is 0. The molecule has 0 spiro atoms. The highest BCUT2D eigenvalue weighted by Gasteiger charge is 2.09. The summed E-state index contributed by atoms with van der Waals surface area (Å²) in [7, 11) is 0. The quantitative estimate of drug-likeness (QED) is 0.611. The molecule has 3 rings (SSSR count). The number of hydrogen-bond acceptors (Lipinski definition) is 3. The van der Waals surface area contributed by atoms with Gasteiger partial charge in [0.25, 0.3) is 0 Å². The van der Waals surface area contributed by atoms with E-state index in [1.165, 1.54) is 5.56 Å². The Morgan fingerprint density at radius 2 is 1.79 bits per heavy atom. The van der Waals surface area contributed by atoms with Crippen LogP contribution in [-0.2, 0) is 0 Å². The zero-order valence-corrected chi connectivity index (χ0v) is 12.3. The van der Waals surface area contributed by atoms with E-state index in [4.69, 9.17) is 11.6 Å². The molecule has 4 heteroatoms. The fraction of sp³-hybridized carbons (Fsp3) is 0.200. The summed E-state index contributed by atoms with van der Waals surface area (Å²) in [6, 6.07) is 10.3. The predicted octanol–water partition coefficient (Wildman–Crippen LogP) is 5.14. The zero-order valence-electron chi connectivity index (χ0n) is 10.7. The minimum atomic E-state index is 0.522. The Bertz CT molecular complexity index is 717. The second kappa shape index (κ2) is 4.91. The van der Waals surface area contributed by atoms with E-state index in [0.717, 1.165) is 15.8 Å². The lowest BCUT2D eigenvalue weighted by atomic mass is 10.0. The second-order valence-corrected chi connectivity index (χ2v) is 6.01. The molecule has 0 amide bonds. The Morgan fingerprint density at radius 3 is 2.47 bits per heavy atom. The van der Waals surface area contributed by atoms with Crippen LogP contribution in [0.2, 0.25) is 5.15 Å². The van der Waals surface area contributed by atoms with Crippen LogP contribution in [-0.4, -0.2) is 9.97 Å². The predicted molar refractivity (Wildman–Crippen MR) is 82.0 cm³/mol. The van der Waals surface area contributed by atoms with Gasteiger partial charge in [-0.3, -0.25) is 0 Å². The maximum Gasteiger partial charge on any atom is 0.162 e. The van der Waals surface area contributed by atoms with Crippen molar-refractivity contribution in [1.82, 2.24) is 9.97 Å². The number of fused-ring (bicyclic) bond motifs is 1. The first-order chi connectivity index (χ1) is 9.15. The van der Waals surface area contributed by atoms with Gasteiger partial charge in [-0.05, 0) is 22.9 Å². The molecule has 0 aliphatic carbocycles. The first-order valence-corrected chi connectivity index (χ1v) is 7.42. The SMILES string of the molecule is CC(C)c1ccc(-c2nc(Cl)c3ccsc3n2)cc1. The lowest BCUT2D eigenvalue weighted by Crippen LogP contribution is -1.91. The van der Waals surface area contributed by atoms with Crippen LogP contribution in [0.4, 0.5) is 0 Å². The molecule has 0 N–H and O–H groups in total. The average Bonchev–Trinajstić information content (AvgIpc) is 2.87. The van der Waals surface area contributed by atoms with Crippen molar-refractivity contribution in [3.05, 3.63) is 46.4 Å². The highest BCUT2D eigenvalue weighted by molar-refractivity contribution is 7.16. The molecule has 0 unspecified atom stereocenters. The fourth-order valence-corrected chi connectivity index (χ4v) is 3.02. The van der Waals surface area contributed by atoms with Crippen molar-refractivity contribution in [2.45, 2.75) is 19.8 Å². The van der Waals surface area contributed by atoms with Crippen LogP contribution < -0.4 is 0 Å². The molecule has 2 aromatic heterocycles. The summed E-state index contributed by atoms with van der Waals surface area (Å²) in [6.07, 6.45) is 0. The third kappa shape index (κ3) is 2.36. The number of aromatic nitrogens is 2. The second-order valence-electron chi connectivity index (χ2n) is 4.75. The van der Waals surface area contributed by atoms with E-state index in [-0.39, 0.29) is 0 Å². The van der Waals surface area contributed by atoms with Crippen LogP contribution in [0, 0.1) is 0 Å². The molecule has 1 aromatic carbocycles. The first-order valence-electron chi connectivity index (χ1n) is 6.16. The highest BCUT2D eigenvalue weighted by atomic mass is 35.5. The molecule has 96 valence electrons. The molecule has 2 heterocycles. The Balaban J connectivity index is 2.08. The molecule has 3 aromatic rings. The van der Waals surface area contributed by atoms with Crippen LogP contribution in [0.25, 0.3) is 21.6 Å². The van der Waals surface area contributed by atoms with Gasteiger partial charge in [-0.25, -0.2) is 9.97 Å². The normalized spacial score (nSPS) is 11.4. The van der Waals surface area contributed by atoms with E-state index in [9.17, 15) is 0 Å². The van der Waals surface area contributed by atoms with Gasteiger partial charge in [0.1, 0.15) is 9.98 Å². The van der Waals surface area contributed by atoms with Gasteiger partial charge < -0.3 is 0 Å². The van der Waals surface area contributed by atoms with E-state index in [2.05, 4.69) is 48.1 Å². The molecule has 0 saturated carbocycles. The monoisotopic (exact) mass is 288 g/mol. The maximum absolute atomic E-state index is 6.19. The Hall–Kier alpha value is -1.45. The van der Waals surface area contributed by atoms with Gasteiger partial charge in [0.05, 0.1) is 0 Å². The van der Waals surface area contributed by atoms with Crippen molar-refractivity contribution in [3.63, 3.8) is 0 Å². The van der Waals surface area contributed by atoms with E-state index in [1.807, 2.05) is 11.4 Å². The largest absolute Gasteiger partial charge is 0.217 e. The summed E-state index contributed by atoms with van der Waals surface area (Å²) in [6.45, 7) is 4.36. The molecule has 0 aliphatic heterocycles. The molecule has 0 bridgehead atoms. The van der Waals surface area contributed by atoms with Gasteiger partial charge in [0.2, 0.25) is 0 Å². The number of thiophene rings is 1. The fourth-order valence-electron chi connectivity index (χ4n) is 1.97. The van der Waals surface area contributed by atoms with Crippen molar-refractivity contribution in [2.75, 3.05) is 0 Å². The highest BCUT2D eigenvalue weighted by Crippen LogP contribution is 2.28. The molecule has 0 aliphatic rings. The summed E-state index contributed by atoms with van der Waals surface area (Å²) in [4.78, 5) is 9.88. The van der Waals surface area contributed by atoms with Crippen molar-refractivity contribution in [1.29, 1.82) is 0 Å². The van der Waals surface area contributed by atoms with Crippen LogP contribution in [0.5, 0.6) is 0 Å². The Morgan fingerprint density at radius 1 is 1.05 bits per heavy atom. The van der Waals surface area contributed by atoms with E-state index >= 15 is 0 Å². The van der Waals surface area contributed by atoms with E-state index in [0.29, 0.717) is 16.9 Å². The van der Waals surface area contributed by atoms with Crippen molar-refractivity contribution in [2.24, 2.45) is 0 Å². The van der Waals surface area contributed by atoms with Gasteiger partial charge in [-0.15, -0.1) is 11.3 Å². The van der Waals surface area contributed by atoms with Crippen molar-refractivity contribution >= 4 is 33.2 Å². The summed E-state index contributed by atoms with van der Waals surface area (Å²) in [5.74, 6) is 1.22. The topological polar surface area (TPSA) is 25.8 Å². The van der Waals surface area contributed by atoms with E-state index in [1.54, 1.807) is 11.3 Å². The van der Waals surface area contributed by atoms with Crippen LogP contribution in [0.3, 0.4) is 0 Å². The third-order valence-corrected chi connectivity index (χ3v) is 4.21. The van der Waals surface area contributed by atoms with Crippen LogP contribution >= 0.6 is 22.9 Å². The van der Waals surface area contributed by atoms with Gasteiger partial charge in [-0.1, -0.05) is 49.7 Å². The molecule has 0 radical (unpaired) electrons. The van der Waals surface area contributed by atoms with Crippen LogP contribution in [0.15, 0.2) is 35.7 Å². The first kappa shape index (κ1) is 12.6. The summed E-state index contributed by atoms with van der Waals surface area (Å²) in [5.41, 5.74) is 2.31. The molecule has 2 nitrogen and oxygen atoms in total.